The molecule has 0 spiro atoms. The summed E-state index contributed by atoms with van der Waals surface area (Å²) in [5, 5.41) is 0. The second-order valence-corrected chi connectivity index (χ2v) is 4.45. The number of nitrogens with zero attached hydrogens (tertiary/aromatic N) is 1. The number of primary amides is 1. The monoisotopic (exact) mass is 256 g/mol. The van der Waals surface area contributed by atoms with Gasteiger partial charge < -0.3 is 10.6 Å². The van der Waals surface area contributed by atoms with Gasteiger partial charge in [-0.3, -0.25) is 14.4 Å². The third kappa shape index (κ3) is 7.81. The standard InChI is InChI=1S/C13H24N2O3/c1-3-5-7-15(8-6-4-2)13(18)10-11(16)9-12(14)17/h3-10H2,1-2H3,(H2,14,17). The van der Waals surface area contributed by atoms with E-state index in [1.165, 1.54) is 0 Å². The highest BCUT2D eigenvalue weighted by molar-refractivity contribution is 6.05. The third-order valence-corrected chi connectivity index (χ3v) is 2.64. The molecule has 5 heteroatoms. The highest BCUT2D eigenvalue weighted by Gasteiger charge is 2.17. The van der Waals surface area contributed by atoms with Crippen LogP contribution in [0.1, 0.15) is 52.4 Å². The fraction of sp³-hybridized carbons (Fsp3) is 0.769. The Morgan fingerprint density at radius 1 is 0.944 bits per heavy atom. The van der Waals surface area contributed by atoms with Crippen molar-refractivity contribution in [3.05, 3.63) is 0 Å². The van der Waals surface area contributed by atoms with Gasteiger partial charge in [0, 0.05) is 13.1 Å². The van der Waals surface area contributed by atoms with Gasteiger partial charge in [0.1, 0.15) is 0 Å². The second-order valence-electron chi connectivity index (χ2n) is 4.45. The van der Waals surface area contributed by atoms with Crippen LogP contribution < -0.4 is 5.73 Å². The van der Waals surface area contributed by atoms with Gasteiger partial charge in [0.2, 0.25) is 11.8 Å². The number of amides is 2. The summed E-state index contributed by atoms with van der Waals surface area (Å²) in [6.45, 7) is 5.47. The molecule has 0 saturated heterocycles. The molecule has 0 fully saturated rings. The number of ketones is 1. The minimum absolute atomic E-state index is 0.192. The van der Waals surface area contributed by atoms with Crippen LogP contribution in [0.2, 0.25) is 0 Å². The largest absolute Gasteiger partial charge is 0.369 e. The van der Waals surface area contributed by atoms with Crippen LogP contribution in [0.4, 0.5) is 0 Å². The van der Waals surface area contributed by atoms with Gasteiger partial charge >= 0.3 is 0 Å². The molecule has 18 heavy (non-hydrogen) atoms. The van der Waals surface area contributed by atoms with Crippen LogP contribution in [0.5, 0.6) is 0 Å². The maximum Gasteiger partial charge on any atom is 0.230 e. The molecule has 0 aliphatic rings. The number of Topliss-reactive ketones (excluding diaryl/α,β-unsaturated/α-hetero) is 1. The van der Waals surface area contributed by atoms with Crippen molar-refractivity contribution in [2.75, 3.05) is 13.1 Å². The van der Waals surface area contributed by atoms with Gasteiger partial charge in [-0.25, -0.2) is 0 Å². The molecule has 0 saturated carbocycles. The van der Waals surface area contributed by atoms with Gasteiger partial charge in [-0.1, -0.05) is 26.7 Å². The lowest BCUT2D eigenvalue weighted by molar-refractivity contribution is -0.136. The van der Waals surface area contributed by atoms with Crippen molar-refractivity contribution in [1.29, 1.82) is 0 Å². The molecule has 0 unspecified atom stereocenters. The number of carbonyl (C=O) groups is 3. The molecule has 2 N–H and O–H groups in total. The van der Waals surface area contributed by atoms with E-state index in [9.17, 15) is 14.4 Å². The zero-order valence-electron chi connectivity index (χ0n) is 11.4. The Morgan fingerprint density at radius 2 is 1.44 bits per heavy atom. The SMILES string of the molecule is CCCCN(CCCC)C(=O)CC(=O)CC(N)=O. The number of nitrogens with two attached hydrogens (primary N) is 1. The van der Waals surface area contributed by atoms with Crippen LogP contribution in [0.15, 0.2) is 0 Å². The molecule has 0 radical (unpaired) electrons. The lowest BCUT2D eigenvalue weighted by Crippen LogP contribution is -2.34. The molecule has 0 aromatic heterocycles. The van der Waals surface area contributed by atoms with E-state index in [2.05, 4.69) is 13.8 Å². The molecule has 0 aliphatic heterocycles. The Balaban J connectivity index is 4.25. The third-order valence-electron chi connectivity index (χ3n) is 2.64. The molecule has 0 rings (SSSR count). The second kappa shape index (κ2) is 9.62. The lowest BCUT2D eigenvalue weighted by atomic mass is 10.1. The topological polar surface area (TPSA) is 80.5 Å². The van der Waals surface area contributed by atoms with Crippen molar-refractivity contribution in [2.45, 2.75) is 52.4 Å². The first-order valence-corrected chi connectivity index (χ1v) is 6.59. The average Bonchev–Trinajstić information content (AvgIpc) is 2.27. The first-order valence-electron chi connectivity index (χ1n) is 6.59. The Bertz CT molecular complexity index is 282. The van der Waals surface area contributed by atoms with Crippen LogP contribution in [0, 0.1) is 0 Å². The van der Waals surface area contributed by atoms with Gasteiger partial charge in [0.05, 0.1) is 12.8 Å². The van der Waals surface area contributed by atoms with Crippen LogP contribution >= 0.6 is 0 Å². The summed E-state index contributed by atoms with van der Waals surface area (Å²) < 4.78 is 0. The summed E-state index contributed by atoms with van der Waals surface area (Å²) in [7, 11) is 0. The predicted octanol–water partition coefficient (Wildman–Crippen LogP) is 1.25. The summed E-state index contributed by atoms with van der Waals surface area (Å²) in [5.74, 6) is -1.27. The molecule has 0 aromatic rings. The van der Waals surface area contributed by atoms with Crippen molar-refractivity contribution >= 4 is 17.6 Å². The van der Waals surface area contributed by atoms with E-state index in [0.717, 1.165) is 25.7 Å². The van der Waals surface area contributed by atoms with Crippen molar-refractivity contribution < 1.29 is 14.4 Å². The predicted molar refractivity (Wildman–Crippen MR) is 69.8 cm³/mol. The van der Waals surface area contributed by atoms with E-state index in [1.54, 1.807) is 4.90 Å². The Kier molecular flexibility index (Phi) is 8.88. The Hall–Kier alpha value is -1.39. The Labute approximate surface area is 109 Å². The molecule has 0 aromatic carbocycles. The summed E-state index contributed by atoms with van der Waals surface area (Å²) in [5.41, 5.74) is 4.92. The van der Waals surface area contributed by atoms with Crippen LogP contribution in [0.25, 0.3) is 0 Å². The lowest BCUT2D eigenvalue weighted by Gasteiger charge is -2.22. The van der Waals surface area contributed by atoms with Gasteiger partial charge in [-0.05, 0) is 12.8 Å². The first kappa shape index (κ1) is 16.6. The summed E-state index contributed by atoms with van der Waals surface area (Å²) in [6.07, 6.45) is 3.31. The number of carbonyl (C=O) groups excluding carboxylic acids is 3. The molecular weight excluding hydrogens is 232 g/mol. The van der Waals surface area contributed by atoms with E-state index in [1.807, 2.05) is 0 Å². The quantitative estimate of drug-likeness (QED) is 0.597. The molecule has 5 nitrogen and oxygen atoms in total. The number of unbranched alkanes of at least 4 members (excludes halogenated alkanes) is 2. The van der Waals surface area contributed by atoms with Crippen molar-refractivity contribution in [1.82, 2.24) is 4.90 Å². The van der Waals surface area contributed by atoms with Crippen LogP contribution in [0.3, 0.4) is 0 Å². The van der Waals surface area contributed by atoms with Crippen LogP contribution in [-0.2, 0) is 14.4 Å². The fourth-order valence-electron chi connectivity index (χ4n) is 1.60. The first-order chi connectivity index (χ1) is 8.51. The molecule has 2 amide bonds. The van der Waals surface area contributed by atoms with Crippen molar-refractivity contribution in [3.8, 4) is 0 Å². The minimum atomic E-state index is -0.679. The highest BCUT2D eigenvalue weighted by Crippen LogP contribution is 2.03. The number of hydrogen-bond acceptors (Lipinski definition) is 3. The molecule has 0 atom stereocenters. The molecule has 0 aliphatic carbocycles. The van der Waals surface area contributed by atoms with Gasteiger partial charge in [0.25, 0.3) is 0 Å². The normalized spacial score (nSPS) is 10.1. The molecular formula is C13H24N2O3. The van der Waals surface area contributed by atoms with E-state index < -0.39 is 11.7 Å². The highest BCUT2D eigenvalue weighted by atomic mass is 16.2. The molecule has 104 valence electrons. The maximum atomic E-state index is 11.9. The Morgan fingerprint density at radius 3 is 1.83 bits per heavy atom. The summed E-state index contributed by atoms with van der Waals surface area (Å²) >= 11 is 0. The number of hydrogen-bond donors (Lipinski definition) is 1. The minimum Gasteiger partial charge on any atom is -0.369 e. The van der Waals surface area contributed by atoms with Crippen molar-refractivity contribution in [3.63, 3.8) is 0 Å². The summed E-state index contributed by atoms with van der Waals surface area (Å²) in [6, 6.07) is 0. The zero-order valence-corrected chi connectivity index (χ0v) is 11.4. The van der Waals surface area contributed by atoms with E-state index >= 15 is 0 Å². The average molecular weight is 256 g/mol. The van der Waals surface area contributed by atoms with E-state index in [4.69, 9.17) is 5.73 Å². The summed E-state index contributed by atoms with van der Waals surface area (Å²) in [4.78, 5) is 35.6. The van der Waals surface area contributed by atoms with Gasteiger partial charge in [-0.15, -0.1) is 0 Å². The van der Waals surface area contributed by atoms with E-state index in [-0.39, 0.29) is 18.7 Å². The maximum absolute atomic E-state index is 11.9. The van der Waals surface area contributed by atoms with Crippen molar-refractivity contribution in [2.24, 2.45) is 5.73 Å². The van der Waals surface area contributed by atoms with Gasteiger partial charge in [-0.2, -0.15) is 0 Å². The fourth-order valence-corrected chi connectivity index (χ4v) is 1.60. The molecule has 0 heterocycles. The van der Waals surface area contributed by atoms with Gasteiger partial charge in [0.15, 0.2) is 5.78 Å². The van der Waals surface area contributed by atoms with E-state index in [0.29, 0.717) is 13.1 Å². The van der Waals surface area contributed by atoms with Crippen LogP contribution in [-0.4, -0.2) is 35.6 Å². The smallest absolute Gasteiger partial charge is 0.230 e. The molecule has 0 bridgehead atoms. The zero-order chi connectivity index (χ0) is 14.0. The number of rotatable bonds is 10.